The van der Waals surface area contributed by atoms with Gasteiger partial charge in [-0.2, -0.15) is 0 Å². The first kappa shape index (κ1) is 10.8. The zero-order chi connectivity index (χ0) is 10.6. The number of benzene rings is 1. The molecule has 0 unspecified atom stereocenters. The number of rotatable bonds is 3. The summed E-state index contributed by atoms with van der Waals surface area (Å²) in [6.07, 6.45) is 0.0459. The van der Waals surface area contributed by atoms with E-state index in [0.717, 1.165) is 0 Å². The standard InChI is InChI=1S/C9H11BO4/c1-14-9(11)6-7-4-2-3-5-8(7)10(12)13/h2-5,12-13H,6H2,1H3. The van der Waals surface area contributed by atoms with E-state index < -0.39 is 13.1 Å². The van der Waals surface area contributed by atoms with Crippen LogP contribution in [0.2, 0.25) is 0 Å². The SMILES string of the molecule is COC(=O)Cc1ccccc1B(O)O. The fourth-order valence-corrected chi connectivity index (χ4v) is 1.17. The summed E-state index contributed by atoms with van der Waals surface area (Å²) in [7, 11) is -0.267. The van der Waals surface area contributed by atoms with E-state index >= 15 is 0 Å². The molecule has 14 heavy (non-hydrogen) atoms. The van der Waals surface area contributed by atoms with Crippen molar-refractivity contribution in [3.8, 4) is 0 Å². The number of ether oxygens (including phenoxy) is 1. The van der Waals surface area contributed by atoms with Crippen LogP contribution in [0.25, 0.3) is 0 Å². The molecule has 0 fully saturated rings. The summed E-state index contributed by atoms with van der Waals surface area (Å²) >= 11 is 0. The van der Waals surface area contributed by atoms with Crippen LogP contribution in [0, 0.1) is 0 Å². The summed E-state index contributed by atoms with van der Waals surface area (Å²) in [4.78, 5) is 11.0. The van der Waals surface area contributed by atoms with Gasteiger partial charge in [-0.1, -0.05) is 24.3 Å². The van der Waals surface area contributed by atoms with Crippen molar-refractivity contribution < 1.29 is 19.6 Å². The highest BCUT2D eigenvalue weighted by Crippen LogP contribution is 1.99. The van der Waals surface area contributed by atoms with Crippen LogP contribution in [0.3, 0.4) is 0 Å². The highest BCUT2D eigenvalue weighted by molar-refractivity contribution is 6.59. The quantitative estimate of drug-likeness (QED) is 0.482. The first-order chi connectivity index (χ1) is 6.65. The van der Waals surface area contributed by atoms with E-state index in [1.165, 1.54) is 7.11 Å². The van der Waals surface area contributed by atoms with Crippen molar-refractivity contribution in [2.75, 3.05) is 7.11 Å². The van der Waals surface area contributed by atoms with Gasteiger partial charge in [0, 0.05) is 0 Å². The Bertz CT molecular complexity index is 324. The summed E-state index contributed by atoms with van der Waals surface area (Å²) in [6, 6.07) is 6.62. The number of esters is 1. The Morgan fingerprint density at radius 1 is 1.43 bits per heavy atom. The fraction of sp³-hybridized carbons (Fsp3) is 0.222. The molecule has 1 rings (SSSR count). The van der Waals surface area contributed by atoms with E-state index in [1.54, 1.807) is 24.3 Å². The molecule has 4 nitrogen and oxygen atoms in total. The molecule has 0 aliphatic carbocycles. The van der Waals surface area contributed by atoms with Gasteiger partial charge in [0.15, 0.2) is 0 Å². The minimum absolute atomic E-state index is 0.0459. The van der Waals surface area contributed by atoms with Crippen molar-refractivity contribution in [2.24, 2.45) is 0 Å². The number of carbonyl (C=O) groups excluding carboxylic acids is 1. The molecule has 0 saturated carbocycles. The molecule has 0 radical (unpaired) electrons. The molecule has 0 heterocycles. The van der Waals surface area contributed by atoms with Crippen molar-refractivity contribution in [2.45, 2.75) is 6.42 Å². The average molecular weight is 194 g/mol. The summed E-state index contributed by atoms with van der Waals surface area (Å²) < 4.78 is 4.49. The van der Waals surface area contributed by atoms with E-state index in [0.29, 0.717) is 11.0 Å². The van der Waals surface area contributed by atoms with Crippen LogP contribution in [0.5, 0.6) is 0 Å². The van der Waals surface area contributed by atoms with E-state index in [1.807, 2.05) is 0 Å². The van der Waals surface area contributed by atoms with Gasteiger partial charge in [0.05, 0.1) is 13.5 Å². The molecule has 74 valence electrons. The van der Waals surface area contributed by atoms with Crippen molar-refractivity contribution >= 4 is 18.6 Å². The van der Waals surface area contributed by atoms with Gasteiger partial charge in [-0.05, 0) is 11.0 Å². The highest BCUT2D eigenvalue weighted by atomic mass is 16.5. The van der Waals surface area contributed by atoms with Crippen LogP contribution in [0.1, 0.15) is 5.56 Å². The molecular formula is C9H11BO4. The van der Waals surface area contributed by atoms with Crippen molar-refractivity contribution in [3.63, 3.8) is 0 Å². The predicted octanol–water partition coefficient (Wildman–Crippen LogP) is -0.918. The molecule has 0 amide bonds. The Hall–Kier alpha value is -1.33. The number of hydrogen-bond donors (Lipinski definition) is 2. The smallest absolute Gasteiger partial charge is 0.469 e. The minimum Gasteiger partial charge on any atom is -0.469 e. The van der Waals surface area contributed by atoms with Crippen molar-refractivity contribution in [1.82, 2.24) is 0 Å². The highest BCUT2D eigenvalue weighted by Gasteiger charge is 2.16. The fourth-order valence-electron chi connectivity index (χ4n) is 1.17. The third-order valence-electron chi connectivity index (χ3n) is 1.90. The lowest BCUT2D eigenvalue weighted by Gasteiger charge is -2.06. The van der Waals surface area contributed by atoms with E-state index in [4.69, 9.17) is 10.0 Å². The van der Waals surface area contributed by atoms with Crippen LogP contribution in [0.15, 0.2) is 24.3 Å². The third-order valence-corrected chi connectivity index (χ3v) is 1.90. The normalized spacial score (nSPS) is 9.64. The molecule has 0 aliphatic rings. The van der Waals surface area contributed by atoms with Gasteiger partial charge in [-0.3, -0.25) is 4.79 Å². The summed E-state index contributed by atoms with van der Waals surface area (Å²) in [5.41, 5.74) is 0.896. The number of hydrogen-bond acceptors (Lipinski definition) is 4. The number of methoxy groups -OCH3 is 1. The van der Waals surface area contributed by atoms with Gasteiger partial charge in [-0.25, -0.2) is 0 Å². The summed E-state index contributed by atoms with van der Waals surface area (Å²) in [5.74, 6) is -0.405. The molecule has 0 aliphatic heterocycles. The predicted molar refractivity (Wildman–Crippen MR) is 52.0 cm³/mol. The van der Waals surface area contributed by atoms with Crippen LogP contribution in [0.4, 0.5) is 0 Å². The molecule has 0 atom stereocenters. The van der Waals surface area contributed by atoms with Gasteiger partial charge in [-0.15, -0.1) is 0 Å². The molecule has 1 aromatic rings. The van der Waals surface area contributed by atoms with E-state index in [9.17, 15) is 4.79 Å². The molecular weight excluding hydrogens is 183 g/mol. The van der Waals surface area contributed by atoms with E-state index in [-0.39, 0.29) is 6.42 Å². The summed E-state index contributed by atoms with van der Waals surface area (Å²) in [5, 5.41) is 18.0. The van der Waals surface area contributed by atoms with E-state index in [2.05, 4.69) is 4.74 Å². The second kappa shape index (κ2) is 4.78. The molecule has 5 heteroatoms. The molecule has 0 aromatic heterocycles. The lowest BCUT2D eigenvalue weighted by atomic mass is 9.76. The average Bonchev–Trinajstić information content (AvgIpc) is 2.18. The Kier molecular flexibility index (Phi) is 3.68. The Labute approximate surface area is 82.3 Å². The molecule has 0 saturated heterocycles. The molecule has 2 N–H and O–H groups in total. The zero-order valence-corrected chi connectivity index (χ0v) is 7.80. The van der Waals surface area contributed by atoms with Crippen molar-refractivity contribution in [1.29, 1.82) is 0 Å². The van der Waals surface area contributed by atoms with Gasteiger partial charge < -0.3 is 14.8 Å². The maximum atomic E-state index is 11.0. The Balaban J connectivity index is 2.90. The molecule has 0 bridgehead atoms. The van der Waals surface area contributed by atoms with Gasteiger partial charge >= 0.3 is 13.1 Å². The lowest BCUT2D eigenvalue weighted by molar-refractivity contribution is -0.139. The van der Waals surface area contributed by atoms with Gasteiger partial charge in [0.2, 0.25) is 0 Å². The lowest BCUT2D eigenvalue weighted by Crippen LogP contribution is -2.33. The Morgan fingerprint density at radius 2 is 2.07 bits per heavy atom. The molecule has 1 aromatic carbocycles. The van der Waals surface area contributed by atoms with Crippen LogP contribution in [-0.4, -0.2) is 30.2 Å². The van der Waals surface area contributed by atoms with Crippen LogP contribution in [-0.2, 0) is 16.0 Å². The van der Waals surface area contributed by atoms with Crippen molar-refractivity contribution in [3.05, 3.63) is 29.8 Å². The first-order valence-corrected chi connectivity index (χ1v) is 4.16. The Morgan fingerprint density at radius 3 is 2.64 bits per heavy atom. The monoisotopic (exact) mass is 194 g/mol. The maximum absolute atomic E-state index is 11.0. The first-order valence-electron chi connectivity index (χ1n) is 4.16. The summed E-state index contributed by atoms with van der Waals surface area (Å²) in [6.45, 7) is 0. The third kappa shape index (κ3) is 2.58. The second-order valence-electron chi connectivity index (χ2n) is 2.83. The largest absolute Gasteiger partial charge is 0.488 e. The number of carbonyl (C=O) groups is 1. The van der Waals surface area contributed by atoms with Gasteiger partial charge in [0.1, 0.15) is 0 Å². The van der Waals surface area contributed by atoms with Gasteiger partial charge in [0.25, 0.3) is 0 Å². The van der Waals surface area contributed by atoms with Crippen LogP contribution < -0.4 is 5.46 Å². The second-order valence-corrected chi connectivity index (χ2v) is 2.83. The maximum Gasteiger partial charge on any atom is 0.488 e. The zero-order valence-electron chi connectivity index (χ0n) is 7.80. The molecule has 0 spiro atoms. The van der Waals surface area contributed by atoms with Crippen LogP contribution >= 0.6 is 0 Å². The topological polar surface area (TPSA) is 66.8 Å². The minimum atomic E-state index is -1.56.